The van der Waals surface area contributed by atoms with Crippen LogP contribution in [0.15, 0.2) is 78.0 Å². The Balaban J connectivity index is 1.54. The summed E-state index contributed by atoms with van der Waals surface area (Å²) in [7, 11) is 3.18. The maximum Gasteiger partial charge on any atom is 0.269 e. The van der Waals surface area contributed by atoms with Crippen molar-refractivity contribution in [2.24, 2.45) is 0 Å². The van der Waals surface area contributed by atoms with Crippen molar-refractivity contribution >= 4 is 27.1 Å². The summed E-state index contributed by atoms with van der Waals surface area (Å²) < 4.78 is 34.7. The Kier molecular flexibility index (Phi) is 7.27. The number of carbonyl (C=O) groups excluding carboxylic acids is 1. The summed E-state index contributed by atoms with van der Waals surface area (Å²) >= 11 is 0. The summed E-state index contributed by atoms with van der Waals surface area (Å²) in [5.74, 6) is 0.674. The van der Waals surface area contributed by atoms with Gasteiger partial charge in [-0.25, -0.2) is 22.4 Å². The van der Waals surface area contributed by atoms with Crippen molar-refractivity contribution in [1.29, 1.82) is 0 Å². The smallest absolute Gasteiger partial charge is 0.269 e. The van der Waals surface area contributed by atoms with Gasteiger partial charge in [-0.3, -0.25) is 4.79 Å². The Hall–Kier alpha value is -4.54. The molecule has 220 valence electrons. The molecule has 6 rings (SSSR count). The van der Waals surface area contributed by atoms with E-state index < -0.39 is 10.0 Å². The first-order valence-corrected chi connectivity index (χ1v) is 15.4. The first-order valence-electron chi connectivity index (χ1n) is 14.0. The monoisotopic (exact) mass is 595 g/mol. The Morgan fingerprint density at radius 1 is 1.00 bits per heavy atom. The van der Waals surface area contributed by atoms with Crippen molar-refractivity contribution in [3.63, 3.8) is 0 Å². The van der Waals surface area contributed by atoms with E-state index in [0.29, 0.717) is 22.3 Å². The van der Waals surface area contributed by atoms with E-state index in [0.717, 1.165) is 47.5 Å². The molecule has 5 aromatic rings. The molecule has 0 radical (unpaired) electrons. The number of aromatic nitrogens is 3. The Bertz CT molecular complexity index is 1950. The van der Waals surface area contributed by atoms with Crippen LogP contribution in [0.1, 0.15) is 27.0 Å². The van der Waals surface area contributed by atoms with Gasteiger partial charge in [0.1, 0.15) is 11.3 Å². The molecule has 0 bridgehead atoms. The van der Waals surface area contributed by atoms with Crippen LogP contribution < -0.4 is 4.74 Å². The highest BCUT2D eigenvalue weighted by molar-refractivity contribution is 7.90. The number of aryl methyl sites for hydroxylation is 1. The molecule has 10 heteroatoms. The van der Waals surface area contributed by atoms with Gasteiger partial charge < -0.3 is 14.5 Å². The van der Waals surface area contributed by atoms with E-state index in [1.807, 2.05) is 13.0 Å². The number of fused-ring (bicyclic) bond motifs is 2. The number of hydrogen-bond acceptors (Lipinski definition) is 7. The lowest BCUT2D eigenvalue weighted by atomic mass is 9.95. The fraction of sp³-hybridized carbons (Fsp3) is 0.242. The highest BCUT2D eigenvalue weighted by atomic mass is 32.2. The average Bonchev–Trinajstić information content (AvgIpc) is 3.40. The molecule has 1 amide bonds. The van der Waals surface area contributed by atoms with Gasteiger partial charge in [-0.05, 0) is 67.9 Å². The van der Waals surface area contributed by atoms with Crippen LogP contribution in [0.2, 0.25) is 0 Å². The minimum atomic E-state index is -3.98. The topological polar surface area (TPSA) is 97.6 Å². The highest BCUT2D eigenvalue weighted by Crippen LogP contribution is 2.36. The van der Waals surface area contributed by atoms with Gasteiger partial charge in [-0.1, -0.05) is 29.8 Å². The van der Waals surface area contributed by atoms with Gasteiger partial charge in [-0.15, -0.1) is 0 Å². The summed E-state index contributed by atoms with van der Waals surface area (Å²) in [4.78, 5) is 26.1. The molecule has 43 heavy (non-hydrogen) atoms. The zero-order valence-corrected chi connectivity index (χ0v) is 25.6. The van der Waals surface area contributed by atoms with Crippen LogP contribution in [0.4, 0.5) is 0 Å². The maximum atomic E-state index is 13.9. The molecule has 3 heterocycles. The number of hydrogen-bond donors (Lipinski definition) is 0. The van der Waals surface area contributed by atoms with E-state index >= 15 is 0 Å². The van der Waals surface area contributed by atoms with Gasteiger partial charge in [0.25, 0.3) is 15.9 Å². The predicted molar refractivity (Wildman–Crippen MR) is 167 cm³/mol. The van der Waals surface area contributed by atoms with Crippen LogP contribution in [-0.4, -0.2) is 72.9 Å². The van der Waals surface area contributed by atoms with Gasteiger partial charge in [0.05, 0.1) is 23.9 Å². The first-order chi connectivity index (χ1) is 20.6. The third kappa shape index (κ3) is 5.17. The molecule has 0 saturated heterocycles. The SMILES string of the molecule is COc1cc(-c2cnc3c(n2)c(-c2ccc(C(=O)N(C)C)cc2)cn3S(=O)(=O)c2ccc(C)cc2)cc2c1CN(C)CC2. The normalized spacial score (nSPS) is 13.6. The van der Waals surface area contributed by atoms with Crippen molar-refractivity contribution in [1.82, 2.24) is 23.7 Å². The molecule has 0 unspecified atom stereocenters. The third-order valence-electron chi connectivity index (χ3n) is 7.90. The lowest BCUT2D eigenvalue weighted by molar-refractivity contribution is 0.0827. The van der Waals surface area contributed by atoms with E-state index in [4.69, 9.17) is 9.72 Å². The zero-order valence-electron chi connectivity index (χ0n) is 24.8. The number of likely N-dealkylation sites (N-methyl/N-ethyl adjacent to an activating group) is 1. The molecule has 2 aromatic heterocycles. The van der Waals surface area contributed by atoms with Gasteiger partial charge in [-0.2, -0.15) is 0 Å². The molecule has 1 aliphatic rings. The second-order valence-electron chi connectivity index (χ2n) is 11.2. The summed E-state index contributed by atoms with van der Waals surface area (Å²) in [6.45, 7) is 3.66. The fourth-order valence-corrected chi connectivity index (χ4v) is 6.78. The number of methoxy groups -OCH3 is 1. The number of carbonyl (C=O) groups is 1. The standard InChI is InChI=1S/C33H33N5O4S/c1-21-6-12-26(13-7-21)43(40,41)38-20-28(22-8-10-23(11-9-22)33(39)36(2)3)31-32(38)34-18-29(35-31)25-16-24-14-15-37(4)19-27(24)30(17-25)42-5/h6-13,16-18,20H,14-15,19H2,1-5H3. The van der Waals surface area contributed by atoms with E-state index in [1.54, 1.807) is 82.1 Å². The molecule has 0 fully saturated rings. The molecule has 0 spiro atoms. The molecular weight excluding hydrogens is 562 g/mol. The lowest BCUT2D eigenvalue weighted by Crippen LogP contribution is -2.27. The molecule has 0 atom stereocenters. The van der Waals surface area contributed by atoms with Crippen LogP contribution in [0, 0.1) is 6.92 Å². The van der Waals surface area contributed by atoms with E-state index in [-0.39, 0.29) is 16.4 Å². The summed E-state index contributed by atoms with van der Waals surface area (Å²) in [6.07, 6.45) is 4.07. The molecule has 0 saturated carbocycles. The maximum absolute atomic E-state index is 13.9. The molecular formula is C33H33N5O4S. The highest BCUT2D eigenvalue weighted by Gasteiger charge is 2.25. The molecule has 3 aromatic carbocycles. The Morgan fingerprint density at radius 3 is 2.40 bits per heavy atom. The molecule has 1 aliphatic heterocycles. The second-order valence-corrected chi connectivity index (χ2v) is 13.0. The van der Waals surface area contributed by atoms with Crippen LogP contribution in [0.5, 0.6) is 5.75 Å². The lowest BCUT2D eigenvalue weighted by Gasteiger charge is -2.27. The zero-order chi connectivity index (χ0) is 30.5. The summed E-state index contributed by atoms with van der Waals surface area (Å²) in [5.41, 5.74) is 7.29. The van der Waals surface area contributed by atoms with Crippen molar-refractivity contribution in [2.45, 2.75) is 24.8 Å². The van der Waals surface area contributed by atoms with E-state index in [9.17, 15) is 13.2 Å². The third-order valence-corrected chi connectivity index (χ3v) is 9.56. The number of rotatable bonds is 6. The number of ether oxygens (including phenoxy) is 1. The van der Waals surface area contributed by atoms with Crippen LogP contribution in [-0.2, 0) is 23.0 Å². The molecule has 0 N–H and O–H groups in total. The Labute approximate surface area is 251 Å². The minimum Gasteiger partial charge on any atom is -0.496 e. The summed E-state index contributed by atoms with van der Waals surface area (Å²) in [6, 6.07) is 17.9. The number of amides is 1. The van der Waals surface area contributed by atoms with Gasteiger partial charge >= 0.3 is 0 Å². The second kappa shape index (κ2) is 10.9. The largest absolute Gasteiger partial charge is 0.496 e. The predicted octanol–water partition coefficient (Wildman–Crippen LogP) is 5.01. The molecule has 0 aliphatic carbocycles. The van der Waals surface area contributed by atoms with Gasteiger partial charge in [0, 0.05) is 55.6 Å². The fourth-order valence-electron chi connectivity index (χ4n) is 5.47. The van der Waals surface area contributed by atoms with Crippen LogP contribution in [0.25, 0.3) is 33.5 Å². The van der Waals surface area contributed by atoms with Crippen molar-refractivity contribution in [2.75, 3.05) is 34.8 Å². The number of nitrogens with zero attached hydrogens (tertiary/aromatic N) is 5. The van der Waals surface area contributed by atoms with Crippen molar-refractivity contribution in [3.05, 3.63) is 95.3 Å². The minimum absolute atomic E-state index is 0.120. The van der Waals surface area contributed by atoms with E-state index in [1.165, 1.54) is 14.4 Å². The van der Waals surface area contributed by atoms with Gasteiger partial charge in [0.2, 0.25) is 0 Å². The van der Waals surface area contributed by atoms with Crippen molar-refractivity contribution < 1.29 is 17.9 Å². The first kappa shape index (κ1) is 28.6. The van der Waals surface area contributed by atoms with E-state index in [2.05, 4.69) is 23.0 Å². The van der Waals surface area contributed by atoms with Crippen LogP contribution >= 0.6 is 0 Å². The van der Waals surface area contributed by atoms with Crippen molar-refractivity contribution in [3.8, 4) is 28.1 Å². The average molecular weight is 596 g/mol. The Morgan fingerprint density at radius 2 is 1.72 bits per heavy atom. The molecule has 9 nitrogen and oxygen atoms in total. The van der Waals surface area contributed by atoms with Gasteiger partial charge in [0.15, 0.2) is 5.65 Å². The quantitative estimate of drug-likeness (QED) is 0.272. The summed E-state index contributed by atoms with van der Waals surface area (Å²) in [5, 5.41) is 0. The number of benzene rings is 3. The van der Waals surface area contributed by atoms with Crippen LogP contribution in [0.3, 0.4) is 0 Å².